The third kappa shape index (κ3) is 6.22. The van der Waals surface area contributed by atoms with Gasteiger partial charge in [0.05, 0.1) is 13.2 Å². The molecular formula is C14H22N2O3. The molecule has 0 aliphatic heterocycles. The summed E-state index contributed by atoms with van der Waals surface area (Å²) in [6.45, 7) is 5.40. The average Bonchev–Trinajstić information content (AvgIpc) is 2.41. The van der Waals surface area contributed by atoms with Crippen LogP contribution in [0, 0.1) is 0 Å². The fourth-order valence-electron chi connectivity index (χ4n) is 1.42. The minimum absolute atomic E-state index is 0.180. The quantitative estimate of drug-likeness (QED) is 0.558. The van der Waals surface area contributed by atoms with Crippen molar-refractivity contribution in [1.29, 1.82) is 0 Å². The molecule has 0 aromatic heterocycles. The van der Waals surface area contributed by atoms with Gasteiger partial charge in [-0.1, -0.05) is 6.92 Å². The molecule has 1 aromatic rings. The van der Waals surface area contributed by atoms with Gasteiger partial charge in [-0.15, -0.1) is 0 Å². The van der Waals surface area contributed by atoms with Crippen LogP contribution in [0.1, 0.15) is 20.3 Å². The normalized spacial score (nSPS) is 12.1. The molecule has 1 amide bonds. The maximum Gasteiger partial charge on any atom is 0.253 e. The van der Waals surface area contributed by atoms with Gasteiger partial charge in [0.15, 0.2) is 0 Å². The third-order valence-corrected chi connectivity index (χ3v) is 2.49. The van der Waals surface area contributed by atoms with Gasteiger partial charge in [0, 0.05) is 18.0 Å². The number of carbonyl (C=O) groups is 1. The predicted molar refractivity (Wildman–Crippen MR) is 76.0 cm³/mol. The van der Waals surface area contributed by atoms with Crippen molar-refractivity contribution in [3.8, 4) is 0 Å². The van der Waals surface area contributed by atoms with Crippen molar-refractivity contribution in [1.82, 2.24) is 0 Å². The van der Waals surface area contributed by atoms with E-state index >= 15 is 0 Å². The molecule has 0 bridgehead atoms. The van der Waals surface area contributed by atoms with Gasteiger partial charge in [-0.25, -0.2) is 0 Å². The first-order valence-corrected chi connectivity index (χ1v) is 6.49. The lowest BCUT2D eigenvalue weighted by atomic mass is 10.2. The summed E-state index contributed by atoms with van der Waals surface area (Å²) in [5.41, 5.74) is 6.94. The van der Waals surface area contributed by atoms with E-state index < -0.39 is 6.10 Å². The van der Waals surface area contributed by atoms with E-state index in [2.05, 4.69) is 5.32 Å². The highest BCUT2D eigenvalue weighted by atomic mass is 16.5. The minimum atomic E-state index is -0.511. The Morgan fingerprint density at radius 1 is 1.26 bits per heavy atom. The van der Waals surface area contributed by atoms with E-state index in [9.17, 15) is 4.79 Å². The molecule has 5 heteroatoms. The molecule has 106 valence electrons. The zero-order valence-corrected chi connectivity index (χ0v) is 11.5. The van der Waals surface area contributed by atoms with E-state index in [1.54, 1.807) is 31.2 Å². The van der Waals surface area contributed by atoms with Crippen molar-refractivity contribution < 1.29 is 14.3 Å². The Hall–Kier alpha value is -1.59. The molecule has 0 spiro atoms. The van der Waals surface area contributed by atoms with Gasteiger partial charge >= 0.3 is 0 Å². The maximum atomic E-state index is 11.8. The Labute approximate surface area is 114 Å². The summed E-state index contributed by atoms with van der Waals surface area (Å²) in [4.78, 5) is 11.8. The van der Waals surface area contributed by atoms with Crippen molar-refractivity contribution >= 4 is 17.3 Å². The fraction of sp³-hybridized carbons (Fsp3) is 0.500. The van der Waals surface area contributed by atoms with Crippen LogP contribution in [0.4, 0.5) is 11.4 Å². The van der Waals surface area contributed by atoms with E-state index in [1.165, 1.54) is 0 Å². The second-order valence-electron chi connectivity index (χ2n) is 4.24. The van der Waals surface area contributed by atoms with Gasteiger partial charge in [0.25, 0.3) is 5.91 Å². The Balaban J connectivity index is 2.26. The van der Waals surface area contributed by atoms with Gasteiger partial charge in [0.2, 0.25) is 0 Å². The average molecular weight is 266 g/mol. The number of carbonyl (C=O) groups excluding carboxylic acids is 1. The molecule has 1 aromatic carbocycles. The number of rotatable bonds is 8. The third-order valence-electron chi connectivity index (χ3n) is 2.49. The summed E-state index contributed by atoms with van der Waals surface area (Å²) in [5.74, 6) is -0.180. The molecule has 19 heavy (non-hydrogen) atoms. The molecule has 0 aliphatic carbocycles. The van der Waals surface area contributed by atoms with Crippen LogP contribution >= 0.6 is 0 Å². The van der Waals surface area contributed by atoms with Crippen molar-refractivity contribution in [3.05, 3.63) is 24.3 Å². The summed E-state index contributed by atoms with van der Waals surface area (Å²) in [6, 6.07) is 6.98. The van der Waals surface area contributed by atoms with Crippen LogP contribution in [0.2, 0.25) is 0 Å². The molecular weight excluding hydrogens is 244 g/mol. The highest BCUT2D eigenvalue weighted by molar-refractivity contribution is 5.93. The van der Waals surface area contributed by atoms with E-state index in [1.807, 2.05) is 6.92 Å². The molecule has 0 fully saturated rings. The molecule has 0 radical (unpaired) electrons. The second kappa shape index (κ2) is 8.50. The first-order valence-electron chi connectivity index (χ1n) is 6.49. The minimum Gasteiger partial charge on any atom is -0.399 e. The summed E-state index contributed by atoms with van der Waals surface area (Å²) in [6.07, 6.45) is 0.468. The first kappa shape index (κ1) is 15.5. The number of amides is 1. The Morgan fingerprint density at radius 3 is 2.58 bits per heavy atom. The molecule has 1 rings (SSSR count). The number of hydrogen-bond donors (Lipinski definition) is 2. The SMILES string of the molecule is CCCOCCOC(C)C(=O)Nc1ccc(N)cc1. The van der Waals surface area contributed by atoms with Crippen LogP contribution < -0.4 is 11.1 Å². The number of nitrogens with one attached hydrogen (secondary N) is 1. The molecule has 0 saturated heterocycles. The molecule has 5 nitrogen and oxygen atoms in total. The highest BCUT2D eigenvalue weighted by Crippen LogP contribution is 2.11. The van der Waals surface area contributed by atoms with Crippen molar-refractivity contribution in [2.75, 3.05) is 30.9 Å². The Morgan fingerprint density at radius 2 is 1.95 bits per heavy atom. The smallest absolute Gasteiger partial charge is 0.253 e. The van der Waals surface area contributed by atoms with Crippen LogP contribution in [-0.2, 0) is 14.3 Å². The largest absolute Gasteiger partial charge is 0.399 e. The maximum absolute atomic E-state index is 11.8. The van der Waals surface area contributed by atoms with Gasteiger partial charge < -0.3 is 20.5 Å². The lowest BCUT2D eigenvalue weighted by Crippen LogP contribution is -2.28. The molecule has 3 N–H and O–H groups in total. The molecule has 0 saturated carbocycles. The summed E-state index contributed by atoms with van der Waals surface area (Å²) >= 11 is 0. The molecule has 1 atom stereocenters. The summed E-state index contributed by atoms with van der Waals surface area (Å²) in [5, 5.41) is 2.76. The Kier molecular flexibility index (Phi) is 6.92. The van der Waals surface area contributed by atoms with Gasteiger partial charge in [0.1, 0.15) is 6.10 Å². The van der Waals surface area contributed by atoms with Crippen LogP contribution in [0.3, 0.4) is 0 Å². The number of benzene rings is 1. The van der Waals surface area contributed by atoms with Crippen molar-refractivity contribution in [2.45, 2.75) is 26.4 Å². The molecule has 0 aliphatic rings. The summed E-state index contributed by atoms with van der Waals surface area (Å²) in [7, 11) is 0. The van der Waals surface area contributed by atoms with E-state index in [-0.39, 0.29) is 5.91 Å². The number of hydrogen-bond acceptors (Lipinski definition) is 4. The Bertz CT molecular complexity index is 379. The van der Waals surface area contributed by atoms with Gasteiger partial charge in [-0.2, -0.15) is 0 Å². The highest BCUT2D eigenvalue weighted by Gasteiger charge is 2.13. The second-order valence-corrected chi connectivity index (χ2v) is 4.24. The van der Waals surface area contributed by atoms with Crippen LogP contribution in [0.25, 0.3) is 0 Å². The topological polar surface area (TPSA) is 73.6 Å². The lowest BCUT2D eigenvalue weighted by molar-refractivity contribution is -0.127. The van der Waals surface area contributed by atoms with Gasteiger partial charge in [-0.3, -0.25) is 4.79 Å². The number of ether oxygens (including phenoxy) is 2. The van der Waals surface area contributed by atoms with E-state index in [0.717, 1.165) is 13.0 Å². The van der Waals surface area contributed by atoms with E-state index in [4.69, 9.17) is 15.2 Å². The van der Waals surface area contributed by atoms with Crippen LogP contribution in [0.15, 0.2) is 24.3 Å². The predicted octanol–water partition coefficient (Wildman–Crippen LogP) is 2.04. The van der Waals surface area contributed by atoms with Crippen LogP contribution in [0.5, 0.6) is 0 Å². The number of nitrogens with two attached hydrogens (primary N) is 1. The number of nitrogen functional groups attached to an aromatic ring is 1. The molecule has 1 unspecified atom stereocenters. The summed E-state index contributed by atoms with van der Waals surface area (Å²) < 4.78 is 10.7. The van der Waals surface area contributed by atoms with Crippen LogP contribution in [-0.4, -0.2) is 31.8 Å². The first-order chi connectivity index (χ1) is 9.13. The van der Waals surface area contributed by atoms with Crippen molar-refractivity contribution in [2.24, 2.45) is 0 Å². The van der Waals surface area contributed by atoms with Crippen molar-refractivity contribution in [3.63, 3.8) is 0 Å². The fourth-order valence-corrected chi connectivity index (χ4v) is 1.42. The van der Waals surface area contributed by atoms with Gasteiger partial charge in [-0.05, 0) is 37.6 Å². The van der Waals surface area contributed by atoms with E-state index in [0.29, 0.717) is 24.6 Å². The standard InChI is InChI=1S/C14H22N2O3/c1-3-8-18-9-10-19-11(2)14(17)16-13-6-4-12(15)5-7-13/h4-7,11H,3,8-10,15H2,1-2H3,(H,16,17). The number of anilines is 2. The lowest BCUT2D eigenvalue weighted by Gasteiger charge is -2.13. The molecule has 0 heterocycles. The zero-order valence-electron chi connectivity index (χ0n) is 11.5. The zero-order chi connectivity index (χ0) is 14.1. The monoisotopic (exact) mass is 266 g/mol.